The number of carbonyl (C=O) groups excluding carboxylic acids is 1. The number of nitrogens with one attached hydrogen (secondary N) is 1. The van der Waals surface area contributed by atoms with E-state index in [1.165, 1.54) is 0 Å². The Morgan fingerprint density at radius 2 is 2.32 bits per heavy atom. The van der Waals surface area contributed by atoms with Crippen molar-refractivity contribution in [3.63, 3.8) is 0 Å². The van der Waals surface area contributed by atoms with Gasteiger partial charge in [0.1, 0.15) is 23.3 Å². The summed E-state index contributed by atoms with van der Waals surface area (Å²) in [6.45, 7) is 0.688. The number of phenols is 1. The molecule has 5 atom stereocenters. The van der Waals surface area contributed by atoms with Gasteiger partial charge in [-0.05, 0) is 18.1 Å². The molecule has 1 fully saturated rings. The number of carbonyl (C=O) groups is 2. The lowest BCUT2D eigenvalue weighted by Gasteiger charge is -2.47. The quantitative estimate of drug-likeness (QED) is 0.306. The van der Waals surface area contributed by atoms with Crippen LogP contribution in [0.4, 0.5) is 11.4 Å². The van der Waals surface area contributed by atoms with Crippen molar-refractivity contribution in [3.05, 3.63) is 39.1 Å². The number of hydrogen-bond donors (Lipinski definition) is 4. The number of imidazole rings is 1. The van der Waals surface area contributed by atoms with Crippen LogP contribution in [0.1, 0.15) is 24.1 Å². The van der Waals surface area contributed by atoms with E-state index >= 15 is 0 Å². The fourth-order valence-electron chi connectivity index (χ4n) is 7.05. The summed E-state index contributed by atoms with van der Waals surface area (Å²) < 4.78 is 4.04. The minimum atomic E-state index is -1.06. The van der Waals surface area contributed by atoms with E-state index in [1.807, 2.05) is 23.9 Å². The summed E-state index contributed by atoms with van der Waals surface area (Å²) in [5.41, 5.74) is 9.67. The van der Waals surface area contributed by atoms with Crippen LogP contribution in [0, 0.1) is 0 Å². The predicted octanol–water partition coefficient (Wildman–Crippen LogP) is -0.0225. The maximum atomic E-state index is 13.8. The smallest absolute Gasteiger partial charge is 0.320 e. The Bertz CT molecular complexity index is 1690. The molecule has 188 valence electrons. The number of rotatable bonds is 5. The number of thioether (sulfide) groups is 2. The van der Waals surface area contributed by atoms with Crippen LogP contribution in [-0.4, -0.2) is 67.0 Å². The van der Waals surface area contributed by atoms with Gasteiger partial charge in [0.2, 0.25) is 17.2 Å². The van der Waals surface area contributed by atoms with Gasteiger partial charge in [-0.1, -0.05) is 11.8 Å². The van der Waals surface area contributed by atoms with Crippen molar-refractivity contribution in [1.82, 2.24) is 14.1 Å². The molecule has 1 aliphatic carbocycles. The third-order valence-corrected chi connectivity index (χ3v) is 11.4. The minimum absolute atomic E-state index is 0.0251. The van der Waals surface area contributed by atoms with E-state index in [0.29, 0.717) is 17.3 Å². The standard InChI is InChI=1S/C25H22N6O4S2/c1-30-8-28-23(11(30)4-10(26)24(34)35)37-22-19-12(32)5-13-25(22)6-14(36-13)29-18-16(25)20-15-9(2-3-31(19)20)7-27-17(15)21(18)33/h5,7-8,10,14,19,22H,2-4,6,26H2,1H3,(H2,27,29,33,34,35)/p+1/t10-,14+,19-,22+,25-/m0/s1. The third kappa shape index (κ3) is 2.56. The number of nitrogens with two attached hydrogens (primary N) is 1. The Morgan fingerprint density at radius 3 is 3.14 bits per heavy atom. The second kappa shape index (κ2) is 7.06. The molecule has 5 aliphatic heterocycles. The van der Waals surface area contributed by atoms with Gasteiger partial charge in [-0.25, -0.2) is 9.56 Å². The average Bonchev–Trinajstić information content (AvgIpc) is 3.52. The van der Waals surface area contributed by atoms with Crippen LogP contribution in [-0.2, 0) is 28.5 Å². The van der Waals surface area contributed by atoms with Gasteiger partial charge in [-0.3, -0.25) is 14.6 Å². The zero-order valence-corrected chi connectivity index (χ0v) is 21.4. The molecule has 6 aliphatic rings. The first-order valence-electron chi connectivity index (χ1n) is 12.2. The molecular weight excluding hydrogens is 512 g/mol. The minimum Gasteiger partial charge on any atom is -0.504 e. The van der Waals surface area contributed by atoms with Crippen LogP contribution < -0.4 is 26.2 Å². The van der Waals surface area contributed by atoms with E-state index in [4.69, 9.17) is 5.73 Å². The molecular formula is C25H23N6O4S2+. The van der Waals surface area contributed by atoms with Gasteiger partial charge >= 0.3 is 5.97 Å². The fourth-order valence-corrected chi connectivity index (χ4v) is 10.3. The van der Waals surface area contributed by atoms with Crippen molar-refractivity contribution in [2.75, 3.05) is 11.9 Å². The summed E-state index contributed by atoms with van der Waals surface area (Å²) in [7, 11) is 1.84. The molecule has 1 spiro atoms. The number of anilines is 1. The van der Waals surface area contributed by atoms with E-state index in [0.717, 1.165) is 50.8 Å². The third-order valence-electron chi connectivity index (χ3n) is 8.63. The fraction of sp³-hybridized carbons (Fsp3) is 0.400. The molecule has 0 saturated carbocycles. The first-order valence-corrected chi connectivity index (χ1v) is 14.0. The summed E-state index contributed by atoms with van der Waals surface area (Å²) in [6.07, 6.45) is 7.05. The molecule has 0 unspecified atom stereocenters. The number of hydrogen-bond acceptors (Lipinski definition) is 9. The van der Waals surface area contributed by atoms with Crippen molar-refractivity contribution in [2.24, 2.45) is 17.8 Å². The molecule has 0 amide bonds. The Morgan fingerprint density at radius 1 is 1.49 bits per heavy atom. The molecule has 12 heteroatoms. The van der Waals surface area contributed by atoms with Crippen molar-refractivity contribution in [3.8, 4) is 5.75 Å². The number of fused-ring (bicyclic) bond motifs is 3. The van der Waals surface area contributed by atoms with Gasteiger partial charge in [0, 0.05) is 31.0 Å². The number of aryl methyl sites for hydroxylation is 1. The van der Waals surface area contributed by atoms with E-state index < -0.39 is 23.5 Å². The van der Waals surface area contributed by atoms with Crippen LogP contribution in [0.15, 0.2) is 27.3 Å². The van der Waals surface area contributed by atoms with Crippen molar-refractivity contribution >= 4 is 58.4 Å². The number of phenolic OH excluding ortho intramolecular Hbond substituents is 1. The van der Waals surface area contributed by atoms with Crippen LogP contribution in [0.5, 0.6) is 5.75 Å². The highest BCUT2D eigenvalue weighted by Gasteiger charge is 2.67. The van der Waals surface area contributed by atoms with Gasteiger partial charge in [0.05, 0.1) is 44.5 Å². The van der Waals surface area contributed by atoms with E-state index in [9.17, 15) is 19.8 Å². The molecule has 1 saturated heterocycles. The van der Waals surface area contributed by atoms with Crippen molar-refractivity contribution < 1.29 is 19.8 Å². The summed E-state index contributed by atoms with van der Waals surface area (Å²) in [4.78, 5) is 35.6. The Balaban J connectivity index is 1.39. The molecule has 3 bridgehead atoms. The van der Waals surface area contributed by atoms with Gasteiger partial charge in [-0.2, -0.15) is 0 Å². The lowest BCUT2D eigenvalue weighted by Crippen LogP contribution is -2.69. The number of aliphatic imine (C=N–C) groups is 1. The van der Waals surface area contributed by atoms with Crippen LogP contribution in [0.25, 0.3) is 5.57 Å². The number of allylic oxidation sites excluding steroid dienone is 1. The number of aromatic nitrogens is 2. The van der Waals surface area contributed by atoms with Gasteiger partial charge < -0.3 is 25.8 Å². The molecule has 10 nitrogen and oxygen atoms in total. The van der Waals surface area contributed by atoms with Gasteiger partial charge in [0.15, 0.2) is 5.75 Å². The second-order valence-corrected chi connectivity index (χ2v) is 12.8. The summed E-state index contributed by atoms with van der Waals surface area (Å²) in [6, 6.07) is -1.45. The molecule has 8 rings (SSSR count). The number of carboxylic acid groups (broad SMARTS) is 1. The molecule has 0 radical (unpaired) electrons. The zero-order valence-electron chi connectivity index (χ0n) is 19.8. The Hall–Kier alpha value is -3.09. The number of carboxylic acids is 1. The lowest BCUT2D eigenvalue weighted by atomic mass is 9.64. The zero-order chi connectivity index (χ0) is 25.4. The number of aromatic hydroxyl groups is 1. The molecule has 1 aromatic heterocycles. The average molecular weight is 536 g/mol. The topological polar surface area (TPSA) is 146 Å². The first-order chi connectivity index (χ1) is 17.8. The van der Waals surface area contributed by atoms with Crippen molar-refractivity contribution in [1.29, 1.82) is 0 Å². The largest absolute Gasteiger partial charge is 0.504 e. The number of nitrogens with zero attached hydrogens (tertiary/aromatic N) is 4. The highest BCUT2D eigenvalue weighted by Crippen LogP contribution is 2.65. The summed E-state index contributed by atoms with van der Waals surface area (Å²) in [5, 5.41) is 26.9. The lowest BCUT2D eigenvalue weighted by molar-refractivity contribution is -0.138. The van der Waals surface area contributed by atoms with Gasteiger partial charge in [0.25, 0.3) is 0 Å². The van der Waals surface area contributed by atoms with Crippen LogP contribution in [0.3, 0.4) is 0 Å². The maximum absolute atomic E-state index is 13.8. The highest BCUT2D eigenvalue weighted by atomic mass is 32.2. The van der Waals surface area contributed by atoms with Crippen LogP contribution >= 0.6 is 23.5 Å². The second-order valence-electron chi connectivity index (χ2n) is 10.5. The highest BCUT2D eigenvalue weighted by molar-refractivity contribution is 8.04. The summed E-state index contributed by atoms with van der Waals surface area (Å²) >= 11 is 3.22. The first kappa shape index (κ1) is 21.9. The normalized spacial score (nSPS) is 29.9. The monoisotopic (exact) mass is 535 g/mol. The molecule has 1 aromatic carbocycles. The number of ketones is 1. The molecule has 37 heavy (non-hydrogen) atoms. The SMILES string of the molecule is Cn1cnc(S[C@@H]2[C@@H]3C(=O)C=C4S[C@@H]5C[C@@]42c2c(c(O)c4c6c2=[N+]3CCC=6C=N4)N5)c1C[C@H](N)C(=O)O. The van der Waals surface area contributed by atoms with Gasteiger partial charge in [-0.15, -0.1) is 11.8 Å². The van der Waals surface area contributed by atoms with Crippen molar-refractivity contribution in [2.45, 2.75) is 52.4 Å². The van der Waals surface area contributed by atoms with E-state index in [-0.39, 0.29) is 28.6 Å². The summed E-state index contributed by atoms with van der Waals surface area (Å²) in [5.74, 6) is -0.807. The molecule has 5 N–H and O–H groups in total. The van der Waals surface area contributed by atoms with Crippen LogP contribution in [0.2, 0.25) is 0 Å². The Labute approximate surface area is 219 Å². The predicted molar refractivity (Wildman–Crippen MR) is 140 cm³/mol. The number of aliphatic carboxylic acids is 1. The maximum Gasteiger partial charge on any atom is 0.320 e. The molecule has 2 aromatic rings. The molecule has 6 heterocycles. The van der Waals surface area contributed by atoms with E-state index in [2.05, 4.69) is 19.9 Å². The van der Waals surface area contributed by atoms with E-state index in [1.54, 1.807) is 29.9 Å². The number of benzene rings is 1. The Kier molecular flexibility index (Phi) is 4.19.